The van der Waals surface area contributed by atoms with E-state index in [4.69, 9.17) is 40.2 Å². The van der Waals surface area contributed by atoms with Gasteiger partial charge in [0.1, 0.15) is 0 Å². The number of halogens is 2. The number of thiocarbonyl (C=S) groups is 1. The number of hydrogen-bond acceptors (Lipinski definition) is 4. The molecule has 0 spiro atoms. The molecule has 1 heterocycles. The number of carbonyl (C=O) groups is 2. The number of rotatable bonds is 3. The zero-order valence-corrected chi connectivity index (χ0v) is 17.0. The van der Waals surface area contributed by atoms with Gasteiger partial charge in [0, 0.05) is 29.4 Å². The van der Waals surface area contributed by atoms with Gasteiger partial charge in [-0.3, -0.25) is 14.9 Å². The number of morpholine rings is 1. The SMILES string of the molecule is O=C(NC(=S)Nc1ccc(C(=O)N2CCOCC2)cc1)c1ccc(Cl)cc1Cl. The van der Waals surface area contributed by atoms with Gasteiger partial charge in [0.15, 0.2) is 5.11 Å². The molecule has 2 amide bonds. The lowest BCUT2D eigenvalue weighted by Crippen LogP contribution is -2.40. The lowest BCUT2D eigenvalue weighted by atomic mass is 10.1. The molecule has 1 aliphatic rings. The van der Waals surface area contributed by atoms with Gasteiger partial charge in [0.2, 0.25) is 0 Å². The third-order valence-electron chi connectivity index (χ3n) is 4.09. The van der Waals surface area contributed by atoms with Crippen molar-refractivity contribution in [1.82, 2.24) is 10.2 Å². The van der Waals surface area contributed by atoms with Crippen LogP contribution in [0.15, 0.2) is 42.5 Å². The van der Waals surface area contributed by atoms with E-state index in [1.165, 1.54) is 12.1 Å². The fourth-order valence-corrected chi connectivity index (χ4v) is 3.36. The number of hydrogen-bond donors (Lipinski definition) is 2. The van der Waals surface area contributed by atoms with Crippen molar-refractivity contribution in [2.45, 2.75) is 0 Å². The Morgan fingerprint density at radius 1 is 1.04 bits per heavy atom. The van der Waals surface area contributed by atoms with Gasteiger partial charge in [-0.05, 0) is 54.7 Å². The standard InChI is InChI=1S/C19H17Cl2N3O3S/c20-13-3-6-15(16(21)11-13)17(25)23-19(28)22-14-4-1-12(2-5-14)18(26)24-7-9-27-10-8-24/h1-6,11H,7-10H2,(H2,22,23,25,28). The second-order valence-corrected chi connectivity index (χ2v) is 7.27. The van der Waals surface area contributed by atoms with E-state index in [0.29, 0.717) is 42.6 Å². The maximum atomic E-state index is 12.4. The highest BCUT2D eigenvalue weighted by Gasteiger charge is 2.18. The Bertz CT molecular complexity index is 900. The maximum Gasteiger partial charge on any atom is 0.258 e. The summed E-state index contributed by atoms with van der Waals surface area (Å²) in [7, 11) is 0. The molecule has 2 aromatic rings. The molecule has 0 aromatic heterocycles. The summed E-state index contributed by atoms with van der Waals surface area (Å²) in [4.78, 5) is 26.5. The highest BCUT2D eigenvalue weighted by Crippen LogP contribution is 2.21. The molecule has 2 N–H and O–H groups in total. The average molecular weight is 438 g/mol. The van der Waals surface area contributed by atoms with Gasteiger partial charge in [-0.2, -0.15) is 0 Å². The van der Waals surface area contributed by atoms with Crippen LogP contribution in [0.2, 0.25) is 10.0 Å². The van der Waals surface area contributed by atoms with Crippen molar-refractivity contribution in [2.75, 3.05) is 31.6 Å². The molecule has 28 heavy (non-hydrogen) atoms. The predicted molar refractivity (Wildman–Crippen MR) is 113 cm³/mol. The molecule has 146 valence electrons. The molecule has 0 aliphatic carbocycles. The molecule has 6 nitrogen and oxygen atoms in total. The quantitative estimate of drug-likeness (QED) is 0.717. The van der Waals surface area contributed by atoms with Crippen LogP contribution in [-0.4, -0.2) is 48.1 Å². The molecular formula is C19H17Cl2N3O3S. The first-order valence-electron chi connectivity index (χ1n) is 8.48. The van der Waals surface area contributed by atoms with E-state index in [1.54, 1.807) is 35.2 Å². The summed E-state index contributed by atoms with van der Waals surface area (Å²) in [5.41, 5.74) is 1.49. The summed E-state index contributed by atoms with van der Waals surface area (Å²) in [5, 5.41) is 6.25. The molecule has 1 saturated heterocycles. The fourth-order valence-electron chi connectivity index (χ4n) is 2.65. The van der Waals surface area contributed by atoms with Gasteiger partial charge in [-0.1, -0.05) is 23.2 Å². The third-order valence-corrected chi connectivity index (χ3v) is 4.84. The van der Waals surface area contributed by atoms with Gasteiger partial charge in [-0.15, -0.1) is 0 Å². The monoisotopic (exact) mass is 437 g/mol. The number of anilines is 1. The highest BCUT2D eigenvalue weighted by molar-refractivity contribution is 7.80. The number of ether oxygens (including phenoxy) is 1. The smallest absolute Gasteiger partial charge is 0.258 e. The van der Waals surface area contributed by atoms with Gasteiger partial charge < -0.3 is 15.0 Å². The van der Waals surface area contributed by atoms with Crippen molar-refractivity contribution in [3.8, 4) is 0 Å². The number of nitrogens with zero attached hydrogens (tertiary/aromatic N) is 1. The van der Waals surface area contributed by atoms with Crippen LogP contribution >= 0.6 is 35.4 Å². The molecule has 0 bridgehead atoms. The zero-order valence-electron chi connectivity index (χ0n) is 14.7. The van der Waals surface area contributed by atoms with Crippen LogP contribution in [0.1, 0.15) is 20.7 Å². The largest absolute Gasteiger partial charge is 0.378 e. The van der Waals surface area contributed by atoms with Crippen LogP contribution in [0.25, 0.3) is 0 Å². The van der Waals surface area contributed by atoms with Crippen molar-refractivity contribution < 1.29 is 14.3 Å². The fraction of sp³-hybridized carbons (Fsp3) is 0.211. The van der Waals surface area contributed by atoms with Gasteiger partial charge >= 0.3 is 0 Å². The van der Waals surface area contributed by atoms with E-state index in [9.17, 15) is 9.59 Å². The summed E-state index contributed by atoms with van der Waals surface area (Å²) in [5.74, 6) is -0.485. The summed E-state index contributed by atoms with van der Waals surface area (Å²) in [6, 6.07) is 11.4. The van der Waals surface area contributed by atoms with Gasteiger partial charge in [0.05, 0.1) is 23.8 Å². The Hall–Kier alpha value is -2.19. The molecule has 2 aromatic carbocycles. The summed E-state index contributed by atoms with van der Waals surface area (Å²) < 4.78 is 5.26. The van der Waals surface area contributed by atoms with Crippen molar-refractivity contribution >= 4 is 58.0 Å². The van der Waals surface area contributed by atoms with Crippen molar-refractivity contribution in [3.63, 3.8) is 0 Å². The average Bonchev–Trinajstić information content (AvgIpc) is 2.68. The highest BCUT2D eigenvalue weighted by atomic mass is 35.5. The second-order valence-electron chi connectivity index (χ2n) is 6.01. The van der Waals surface area contributed by atoms with Crippen LogP contribution < -0.4 is 10.6 Å². The minimum atomic E-state index is -0.446. The molecule has 0 radical (unpaired) electrons. The molecule has 0 unspecified atom stereocenters. The molecule has 0 atom stereocenters. The van der Waals surface area contributed by atoms with Crippen LogP contribution in [0.3, 0.4) is 0 Å². The van der Waals surface area contributed by atoms with Crippen molar-refractivity contribution in [2.24, 2.45) is 0 Å². The van der Waals surface area contributed by atoms with E-state index in [2.05, 4.69) is 10.6 Å². The minimum absolute atomic E-state index is 0.0388. The molecule has 1 aliphatic heterocycles. The minimum Gasteiger partial charge on any atom is -0.378 e. The maximum absolute atomic E-state index is 12.4. The number of carbonyl (C=O) groups excluding carboxylic acids is 2. The number of amides is 2. The number of benzene rings is 2. The Balaban J connectivity index is 1.58. The van der Waals surface area contributed by atoms with E-state index < -0.39 is 5.91 Å². The molecule has 0 saturated carbocycles. The Morgan fingerprint density at radius 3 is 2.36 bits per heavy atom. The summed E-state index contributed by atoms with van der Waals surface area (Å²) in [6.45, 7) is 2.28. The molecule has 9 heteroatoms. The molecule has 1 fully saturated rings. The first-order valence-corrected chi connectivity index (χ1v) is 9.65. The number of nitrogens with one attached hydrogen (secondary N) is 2. The lowest BCUT2D eigenvalue weighted by molar-refractivity contribution is 0.0303. The Kier molecular flexibility index (Phi) is 6.85. The second kappa shape index (κ2) is 9.34. The van der Waals surface area contributed by atoms with Gasteiger partial charge in [0.25, 0.3) is 11.8 Å². The van der Waals surface area contributed by atoms with E-state index in [1.807, 2.05) is 0 Å². The van der Waals surface area contributed by atoms with E-state index in [-0.39, 0.29) is 21.6 Å². The van der Waals surface area contributed by atoms with Crippen LogP contribution in [0, 0.1) is 0 Å². The molecular weight excluding hydrogens is 421 g/mol. The van der Waals surface area contributed by atoms with Crippen molar-refractivity contribution in [3.05, 3.63) is 63.6 Å². The summed E-state index contributed by atoms with van der Waals surface area (Å²) >= 11 is 17.0. The van der Waals surface area contributed by atoms with Gasteiger partial charge in [-0.25, -0.2) is 0 Å². The lowest BCUT2D eigenvalue weighted by Gasteiger charge is -2.26. The van der Waals surface area contributed by atoms with E-state index >= 15 is 0 Å². The zero-order chi connectivity index (χ0) is 20.1. The first kappa shape index (κ1) is 20.5. The summed E-state index contributed by atoms with van der Waals surface area (Å²) in [6.07, 6.45) is 0. The van der Waals surface area contributed by atoms with Crippen LogP contribution in [-0.2, 0) is 4.74 Å². The Labute approximate surface area is 177 Å². The topological polar surface area (TPSA) is 70.7 Å². The van der Waals surface area contributed by atoms with Crippen LogP contribution in [0.4, 0.5) is 5.69 Å². The predicted octanol–water partition coefficient (Wildman–Crippen LogP) is 3.59. The Morgan fingerprint density at radius 2 is 1.71 bits per heavy atom. The molecule has 3 rings (SSSR count). The van der Waals surface area contributed by atoms with Crippen LogP contribution in [0.5, 0.6) is 0 Å². The first-order chi connectivity index (χ1) is 13.4. The van der Waals surface area contributed by atoms with E-state index in [0.717, 1.165) is 0 Å². The van der Waals surface area contributed by atoms with Crippen molar-refractivity contribution in [1.29, 1.82) is 0 Å². The third kappa shape index (κ3) is 5.20. The normalized spacial score (nSPS) is 13.7.